The summed E-state index contributed by atoms with van der Waals surface area (Å²) in [4.78, 5) is 0. The van der Waals surface area contributed by atoms with Gasteiger partial charge in [-0.15, -0.1) is 10.2 Å². The van der Waals surface area contributed by atoms with Gasteiger partial charge in [0.1, 0.15) is 5.82 Å². The topological polar surface area (TPSA) is 42.7 Å². The fourth-order valence-corrected chi connectivity index (χ4v) is 2.49. The van der Waals surface area contributed by atoms with Crippen LogP contribution in [0.2, 0.25) is 0 Å². The predicted octanol–water partition coefficient (Wildman–Crippen LogP) is 3.09. The van der Waals surface area contributed by atoms with Crippen LogP contribution in [0.3, 0.4) is 0 Å². The molecule has 0 spiro atoms. The molecule has 0 aliphatic heterocycles. The first-order valence-electron chi connectivity index (χ1n) is 5.65. The van der Waals surface area contributed by atoms with Crippen molar-refractivity contribution >= 4 is 33.4 Å². The van der Waals surface area contributed by atoms with Gasteiger partial charge in [0.2, 0.25) is 0 Å². The van der Waals surface area contributed by atoms with E-state index in [-0.39, 0.29) is 0 Å². The van der Waals surface area contributed by atoms with Gasteiger partial charge in [-0.1, -0.05) is 27.7 Å². The van der Waals surface area contributed by atoms with Crippen LogP contribution in [0.4, 0.5) is 5.69 Å². The number of aryl methyl sites for hydroxylation is 1. The van der Waals surface area contributed by atoms with Crippen molar-refractivity contribution in [2.75, 3.05) is 17.6 Å². The largest absolute Gasteiger partial charge is 0.384 e. The number of rotatable bonds is 5. The summed E-state index contributed by atoms with van der Waals surface area (Å²) in [6.07, 6.45) is 0. The third-order valence-electron chi connectivity index (χ3n) is 2.56. The van der Waals surface area contributed by atoms with Gasteiger partial charge in [-0.05, 0) is 31.2 Å². The first-order valence-corrected chi connectivity index (χ1v) is 7.43. The summed E-state index contributed by atoms with van der Waals surface area (Å²) in [5.41, 5.74) is 1.13. The fraction of sp³-hybridized carbons (Fsp3) is 0.333. The van der Waals surface area contributed by atoms with Gasteiger partial charge in [-0.25, -0.2) is 0 Å². The van der Waals surface area contributed by atoms with E-state index in [0.717, 1.165) is 33.4 Å². The lowest BCUT2D eigenvalue weighted by Gasteiger charge is -2.06. The zero-order valence-electron chi connectivity index (χ0n) is 10.4. The molecule has 1 aromatic heterocycles. The van der Waals surface area contributed by atoms with Crippen molar-refractivity contribution in [3.63, 3.8) is 0 Å². The number of anilines is 1. The highest BCUT2D eigenvalue weighted by Gasteiger charge is 2.04. The third-order valence-corrected chi connectivity index (χ3v) is 4.11. The molecule has 0 atom stereocenters. The first kappa shape index (κ1) is 13.4. The highest BCUT2D eigenvalue weighted by Crippen LogP contribution is 2.16. The highest BCUT2D eigenvalue weighted by molar-refractivity contribution is 9.10. The number of nitrogens with one attached hydrogen (secondary N) is 1. The van der Waals surface area contributed by atoms with Crippen LogP contribution >= 0.6 is 27.7 Å². The van der Waals surface area contributed by atoms with E-state index in [1.54, 1.807) is 11.8 Å². The molecule has 18 heavy (non-hydrogen) atoms. The Bertz CT molecular complexity index is 509. The number of hydrogen-bond donors (Lipinski definition) is 1. The molecule has 96 valence electrons. The van der Waals surface area contributed by atoms with Crippen molar-refractivity contribution in [2.24, 2.45) is 7.05 Å². The van der Waals surface area contributed by atoms with Gasteiger partial charge in [0.15, 0.2) is 5.16 Å². The molecule has 1 N–H and O–H groups in total. The van der Waals surface area contributed by atoms with Gasteiger partial charge < -0.3 is 9.88 Å². The third kappa shape index (κ3) is 3.49. The zero-order valence-corrected chi connectivity index (χ0v) is 12.8. The second-order valence-electron chi connectivity index (χ2n) is 3.87. The van der Waals surface area contributed by atoms with Crippen molar-refractivity contribution < 1.29 is 0 Å². The molecule has 0 bridgehead atoms. The highest BCUT2D eigenvalue weighted by atomic mass is 79.9. The van der Waals surface area contributed by atoms with Crippen LogP contribution in [0, 0.1) is 6.92 Å². The summed E-state index contributed by atoms with van der Waals surface area (Å²) in [5.74, 6) is 1.90. The Morgan fingerprint density at radius 2 is 2.00 bits per heavy atom. The van der Waals surface area contributed by atoms with Gasteiger partial charge in [-0.3, -0.25) is 0 Å². The molecular weight excluding hydrogens is 312 g/mol. The monoisotopic (exact) mass is 326 g/mol. The Morgan fingerprint density at radius 1 is 1.28 bits per heavy atom. The molecule has 1 aromatic carbocycles. The van der Waals surface area contributed by atoms with Crippen LogP contribution in [0.5, 0.6) is 0 Å². The molecule has 0 amide bonds. The Morgan fingerprint density at radius 3 is 2.61 bits per heavy atom. The molecule has 2 aromatic rings. The molecular formula is C12H15BrN4S. The van der Waals surface area contributed by atoms with E-state index < -0.39 is 0 Å². The van der Waals surface area contributed by atoms with Crippen molar-refractivity contribution in [1.82, 2.24) is 14.8 Å². The summed E-state index contributed by atoms with van der Waals surface area (Å²) >= 11 is 5.13. The average molecular weight is 327 g/mol. The molecule has 0 saturated carbocycles. The van der Waals surface area contributed by atoms with E-state index in [4.69, 9.17) is 0 Å². The number of benzene rings is 1. The Balaban J connectivity index is 1.76. The van der Waals surface area contributed by atoms with E-state index in [1.807, 2.05) is 30.7 Å². The van der Waals surface area contributed by atoms with Gasteiger partial charge in [0.05, 0.1) is 0 Å². The predicted molar refractivity (Wildman–Crippen MR) is 79.1 cm³/mol. The van der Waals surface area contributed by atoms with Crippen LogP contribution in [0.15, 0.2) is 33.9 Å². The zero-order chi connectivity index (χ0) is 13.0. The molecule has 6 heteroatoms. The maximum absolute atomic E-state index is 4.11. The van der Waals surface area contributed by atoms with E-state index in [9.17, 15) is 0 Å². The standard InChI is InChI=1S/C12H15BrN4S/c1-9-15-16-12(17(9)2)18-8-7-14-11-5-3-10(13)4-6-11/h3-6,14H,7-8H2,1-2H3. The van der Waals surface area contributed by atoms with Crippen LogP contribution in [-0.2, 0) is 7.05 Å². The van der Waals surface area contributed by atoms with Crippen LogP contribution in [0.25, 0.3) is 0 Å². The fourth-order valence-electron chi connectivity index (χ4n) is 1.42. The van der Waals surface area contributed by atoms with E-state index in [2.05, 4.69) is 43.6 Å². The maximum atomic E-state index is 4.11. The summed E-state index contributed by atoms with van der Waals surface area (Å²) in [7, 11) is 1.99. The molecule has 0 unspecified atom stereocenters. The molecule has 1 heterocycles. The van der Waals surface area contributed by atoms with Crippen LogP contribution in [0.1, 0.15) is 5.82 Å². The summed E-state index contributed by atoms with van der Waals surface area (Å²) in [6, 6.07) is 8.17. The van der Waals surface area contributed by atoms with Crippen molar-refractivity contribution in [2.45, 2.75) is 12.1 Å². The van der Waals surface area contributed by atoms with Crippen molar-refractivity contribution in [3.8, 4) is 0 Å². The van der Waals surface area contributed by atoms with E-state index in [1.165, 1.54) is 0 Å². The van der Waals surface area contributed by atoms with Crippen molar-refractivity contribution in [1.29, 1.82) is 0 Å². The summed E-state index contributed by atoms with van der Waals surface area (Å²) in [6.45, 7) is 2.86. The van der Waals surface area contributed by atoms with Crippen LogP contribution in [-0.4, -0.2) is 27.1 Å². The minimum atomic E-state index is 0.901. The molecule has 0 fully saturated rings. The molecule has 0 radical (unpaired) electrons. The first-order chi connectivity index (χ1) is 8.66. The Kier molecular flexibility index (Phi) is 4.66. The molecule has 0 aliphatic rings. The quantitative estimate of drug-likeness (QED) is 0.677. The van der Waals surface area contributed by atoms with Gasteiger partial charge >= 0.3 is 0 Å². The summed E-state index contributed by atoms with van der Waals surface area (Å²) in [5, 5.41) is 12.5. The van der Waals surface area contributed by atoms with Crippen molar-refractivity contribution in [3.05, 3.63) is 34.6 Å². The number of halogens is 1. The summed E-state index contributed by atoms with van der Waals surface area (Å²) < 4.78 is 3.10. The number of hydrogen-bond acceptors (Lipinski definition) is 4. The van der Waals surface area contributed by atoms with Gasteiger partial charge in [0.25, 0.3) is 0 Å². The average Bonchev–Trinajstić information content (AvgIpc) is 2.68. The normalized spacial score (nSPS) is 10.6. The smallest absolute Gasteiger partial charge is 0.191 e. The Labute approximate surface area is 119 Å². The number of thioether (sulfide) groups is 1. The SMILES string of the molecule is Cc1nnc(SCCNc2ccc(Br)cc2)n1C. The second-order valence-corrected chi connectivity index (χ2v) is 5.85. The number of aromatic nitrogens is 3. The lowest BCUT2D eigenvalue weighted by atomic mass is 10.3. The minimum Gasteiger partial charge on any atom is -0.384 e. The lowest BCUT2D eigenvalue weighted by Crippen LogP contribution is -2.04. The molecule has 0 saturated heterocycles. The van der Waals surface area contributed by atoms with Gasteiger partial charge in [0, 0.05) is 29.5 Å². The lowest BCUT2D eigenvalue weighted by molar-refractivity contribution is 0.765. The molecule has 4 nitrogen and oxygen atoms in total. The molecule has 2 rings (SSSR count). The second kappa shape index (κ2) is 6.24. The van der Waals surface area contributed by atoms with E-state index >= 15 is 0 Å². The maximum Gasteiger partial charge on any atom is 0.191 e. The van der Waals surface area contributed by atoms with E-state index in [0.29, 0.717) is 0 Å². The minimum absolute atomic E-state index is 0.901. The van der Waals surface area contributed by atoms with Crippen LogP contribution < -0.4 is 5.32 Å². The number of nitrogens with zero attached hydrogens (tertiary/aromatic N) is 3. The Hall–Kier alpha value is -1.01. The van der Waals surface area contributed by atoms with Gasteiger partial charge in [-0.2, -0.15) is 0 Å². The molecule has 0 aliphatic carbocycles.